The lowest BCUT2D eigenvalue weighted by molar-refractivity contribution is 0.0436. The minimum absolute atomic E-state index is 0.0958. The molecular formula is C15H22FNS. The standard InChI is InChI=1S/C15H22FNS/c1-4-15(5-2)11(9-14(15)17)10-6-7-13(18-3)12(16)8-10/h6-8,11,14H,4-5,9,17H2,1-3H3. The van der Waals surface area contributed by atoms with Crippen molar-refractivity contribution in [1.29, 1.82) is 0 Å². The zero-order valence-corrected chi connectivity index (χ0v) is 12.2. The number of nitrogens with two attached hydrogens (primary N) is 1. The molecule has 100 valence electrons. The molecule has 18 heavy (non-hydrogen) atoms. The van der Waals surface area contributed by atoms with Crippen molar-refractivity contribution in [2.45, 2.75) is 50.0 Å². The Labute approximate surface area is 113 Å². The highest BCUT2D eigenvalue weighted by Crippen LogP contribution is 2.56. The van der Waals surface area contributed by atoms with E-state index in [-0.39, 0.29) is 17.3 Å². The van der Waals surface area contributed by atoms with E-state index in [1.807, 2.05) is 12.3 Å². The lowest BCUT2D eigenvalue weighted by Gasteiger charge is -2.55. The third-order valence-corrected chi connectivity index (χ3v) is 5.59. The van der Waals surface area contributed by atoms with E-state index in [4.69, 9.17) is 5.73 Å². The maximum absolute atomic E-state index is 13.9. The van der Waals surface area contributed by atoms with Crippen LogP contribution in [0.15, 0.2) is 23.1 Å². The molecule has 1 saturated carbocycles. The monoisotopic (exact) mass is 267 g/mol. The van der Waals surface area contributed by atoms with E-state index >= 15 is 0 Å². The van der Waals surface area contributed by atoms with Crippen LogP contribution in [0.4, 0.5) is 4.39 Å². The molecule has 1 aliphatic carbocycles. The molecule has 1 aliphatic rings. The molecule has 2 atom stereocenters. The zero-order valence-electron chi connectivity index (χ0n) is 11.4. The summed E-state index contributed by atoms with van der Waals surface area (Å²) in [4.78, 5) is 0.723. The van der Waals surface area contributed by atoms with Gasteiger partial charge in [-0.05, 0) is 54.5 Å². The summed E-state index contributed by atoms with van der Waals surface area (Å²) >= 11 is 1.45. The predicted molar refractivity (Wildman–Crippen MR) is 76.5 cm³/mol. The smallest absolute Gasteiger partial charge is 0.137 e. The van der Waals surface area contributed by atoms with Gasteiger partial charge in [-0.25, -0.2) is 4.39 Å². The molecule has 2 unspecified atom stereocenters. The van der Waals surface area contributed by atoms with Gasteiger partial charge in [0, 0.05) is 10.9 Å². The molecule has 0 bridgehead atoms. The first-order valence-corrected chi connectivity index (χ1v) is 7.90. The highest BCUT2D eigenvalue weighted by Gasteiger charge is 2.51. The van der Waals surface area contributed by atoms with E-state index in [1.54, 1.807) is 6.07 Å². The van der Waals surface area contributed by atoms with Crippen molar-refractivity contribution in [2.75, 3.05) is 6.26 Å². The second kappa shape index (κ2) is 5.22. The molecule has 0 spiro atoms. The molecule has 0 aliphatic heterocycles. The minimum atomic E-state index is -0.0958. The van der Waals surface area contributed by atoms with Crippen molar-refractivity contribution >= 4 is 11.8 Å². The summed E-state index contributed by atoms with van der Waals surface area (Å²) in [6.07, 6.45) is 5.03. The summed E-state index contributed by atoms with van der Waals surface area (Å²) in [7, 11) is 0. The SMILES string of the molecule is CCC1(CC)C(N)CC1c1ccc(SC)c(F)c1. The molecule has 1 nitrogen and oxygen atoms in total. The van der Waals surface area contributed by atoms with E-state index < -0.39 is 0 Å². The maximum atomic E-state index is 13.9. The van der Waals surface area contributed by atoms with Crippen molar-refractivity contribution in [2.24, 2.45) is 11.1 Å². The number of hydrogen-bond acceptors (Lipinski definition) is 2. The van der Waals surface area contributed by atoms with Crippen LogP contribution in [0.2, 0.25) is 0 Å². The lowest BCUT2D eigenvalue weighted by Crippen LogP contribution is -2.55. The van der Waals surface area contributed by atoms with Crippen LogP contribution < -0.4 is 5.73 Å². The summed E-state index contributed by atoms with van der Waals surface area (Å²) < 4.78 is 13.9. The normalized spacial score (nSPS) is 25.8. The van der Waals surface area contributed by atoms with Gasteiger partial charge in [-0.2, -0.15) is 0 Å². The summed E-state index contributed by atoms with van der Waals surface area (Å²) in [6, 6.07) is 5.95. The van der Waals surface area contributed by atoms with Crippen LogP contribution >= 0.6 is 11.8 Å². The molecule has 2 N–H and O–H groups in total. The molecule has 1 aromatic rings. The first kappa shape index (κ1) is 13.9. The Morgan fingerprint density at radius 1 is 1.39 bits per heavy atom. The molecule has 0 saturated heterocycles. The Kier molecular flexibility index (Phi) is 4.02. The molecule has 0 amide bonds. The van der Waals surface area contributed by atoms with Crippen LogP contribution in [-0.4, -0.2) is 12.3 Å². The average Bonchev–Trinajstić information content (AvgIpc) is 2.37. The van der Waals surface area contributed by atoms with Crippen LogP contribution in [-0.2, 0) is 0 Å². The number of halogens is 1. The van der Waals surface area contributed by atoms with Crippen LogP contribution in [0, 0.1) is 11.2 Å². The Morgan fingerprint density at radius 3 is 2.50 bits per heavy atom. The summed E-state index contributed by atoms with van der Waals surface area (Å²) in [5, 5.41) is 0. The lowest BCUT2D eigenvalue weighted by atomic mass is 9.52. The van der Waals surface area contributed by atoms with Gasteiger partial charge in [0.05, 0.1) is 0 Å². The van der Waals surface area contributed by atoms with E-state index in [0.717, 1.165) is 29.7 Å². The van der Waals surface area contributed by atoms with Crippen molar-refractivity contribution in [1.82, 2.24) is 0 Å². The van der Waals surface area contributed by atoms with Gasteiger partial charge in [-0.1, -0.05) is 19.9 Å². The van der Waals surface area contributed by atoms with Gasteiger partial charge in [0.25, 0.3) is 0 Å². The van der Waals surface area contributed by atoms with E-state index in [0.29, 0.717) is 5.92 Å². The van der Waals surface area contributed by atoms with Crippen molar-refractivity contribution in [3.05, 3.63) is 29.6 Å². The van der Waals surface area contributed by atoms with Gasteiger partial charge >= 0.3 is 0 Å². The molecule has 2 rings (SSSR count). The third kappa shape index (κ3) is 1.97. The number of benzene rings is 1. The zero-order chi connectivity index (χ0) is 13.3. The third-order valence-electron chi connectivity index (χ3n) is 4.82. The van der Waals surface area contributed by atoms with Gasteiger partial charge in [0.2, 0.25) is 0 Å². The van der Waals surface area contributed by atoms with Crippen LogP contribution in [0.3, 0.4) is 0 Å². The highest BCUT2D eigenvalue weighted by atomic mass is 32.2. The predicted octanol–water partition coefficient (Wildman–Crippen LogP) is 4.17. The van der Waals surface area contributed by atoms with Crippen LogP contribution in [0.5, 0.6) is 0 Å². The van der Waals surface area contributed by atoms with Gasteiger partial charge in [-0.15, -0.1) is 11.8 Å². The Hall–Kier alpha value is -0.540. The largest absolute Gasteiger partial charge is 0.327 e. The summed E-state index contributed by atoms with van der Waals surface area (Å²) in [5.74, 6) is 0.328. The van der Waals surface area contributed by atoms with Crippen LogP contribution in [0.1, 0.15) is 44.6 Å². The second-order valence-corrected chi connectivity index (χ2v) is 6.08. The van der Waals surface area contributed by atoms with Crippen molar-refractivity contribution in [3.63, 3.8) is 0 Å². The number of thioether (sulfide) groups is 1. The van der Waals surface area contributed by atoms with E-state index in [1.165, 1.54) is 11.8 Å². The molecule has 3 heteroatoms. The summed E-state index contributed by atoms with van der Waals surface area (Å²) in [6.45, 7) is 4.39. The first-order valence-electron chi connectivity index (χ1n) is 6.68. The first-order chi connectivity index (χ1) is 8.58. The fourth-order valence-electron chi connectivity index (χ4n) is 3.46. The quantitative estimate of drug-likeness (QED) is 0.829. The maximum Gasteiger partial charge on any atom is 0.137 e. The number of hydrogen-bond donors (Lipinski definition) is 1. The van der Waals surface area contributed by atoms with E-state index in [2.05, 4.69) is 19.9 Å². The molecule has 0 aromatic heterocycles. The molecule has 1 aromatic carbocycles. The van der Waals surface area contributed by atoms with Crippen molar-refractivity contribution in [3.8, 4) is 0 Å². The Morgan fingerprint density at radius 2 is 2.06 bits per heavy atom. The highest BCUT2D eigenvalue weighted by molar-refractivity contribution is 7.98. The van der Waals surface area contributed by atoms with Gasteiger partial charge in [0.15, 0.2) is 0 Å². The molecule has 0 radical (unpaired) electrons. The molecule has 1 fully saturated rings. The van der Waals surface area contributed by atoms with Gasteiger partial charge in [-0.3, -0.25) is 0 Å². The van der Waals surface area contributed by atoms with E-state index in [9.17, 15) is 4.39 Å². The Balaban J connectivity index is 2.30. The topological polar surface area (TPSA) is 26.0 Å². The number of rotatable bonds is 4. The second-order valence-electron chi connectivity index (χ2n) is 5.23. The molecular weight excluding hydrogens is 245 g/mol. The van der Waals surface area contributed by atoms with Crippen LogP contribution in [0.25, 0.3) is 0 Å². The molecule has 0 heterocycles. The minimum Gasteiger partial charge on any atom is -0.327 e. The Bertz CT molecular complexity index is 429. The summed E-state index contributed by atoms with van der Waals surface area (Å²) in [5.41, 5.74) is 7.50. The van der Waals surface area contributed by atoms with Gasteiger partial charge < -0.3 is 5.73 Å². The van der Waals surface area contributed by atoms with Crippen molar-refractivity contribution < 1.29 is 4.39 Å². The fraction of sp³-hybridized carbons (Fsp3) is 0.600. The average molecular weight is 267 g/mol. The fourth-order valence-corrected chi connectivity index (χ4v) is 3.91. The van der Waals surface area contributed by atoms with Gasteiger partial charge in [0.1, 0.15) is 5.82 Å².